The van der Waals surface area contributed by atoms with Crippen LogP contribution in [-0.2, 0) is 4.74 Å². The monoisotopic (exact) mass is 283 g/mol. The average molecular weight is 284 g/mol. The average Bonchev–Trinajstić information content (AvgIpc) is 2.40. The zero-order chi connectivity index (χ0) is 15.0. The Morgan fingerprint density at radius 3 is 2.25 bits per heavy atom. The molecule has 1 aliphatic carbocycles. The molecule has 0 spiro atoms. The van der Waals surface area contributed by atoms with Crippen LogP contribution in [0.1, 0.15) is 85.0 Å². The molecular formula is C18H37NO. The second-order valence-corrected chi connectivity index (χ2v) is 7.43. The van der Waals surface area contributed by atoms with Crippen LogP contribution in [0.2, 0.25) is 0 Å². The van der Waals surface area contributed by atoms with Crippen molar-refractivity contribution in [3.05, 3.63) is 0 Å². The van der Waals surface area contributed by atoms with Crippen molar-refractivity contribution < 1.29 is 4.74 Å². The highest BCUT2D eigenvalue weighted by Crippen LogP contribution is 2.41. The van der Waals surface area contributed by atoms with E-state index in [0.717, 1.165) is 0 Å². The van der Waals surface area contributed by atoms with E-state index in [0.29, 0.717) is 5.92 Å². The first-order valence-electron chi connectivity index (χ1n) is 8.81. The summed E-state index contributed by atoms with van der Waals surface area (Å²) < 4.78 is 5.70. The fourth-order valence-electron chi connectivity index (χ4n) is 3.84. The molecule has 0 aromatic heterocycles. The Labute approximate surface area is 126 Å². The molecule has 1 saturated carbocycles. The minimum atomic E-state index is 0.226. The lowest BCUT2D eigenvalue weighted by Crippen LogP contribution is -2.53. The largest absolute Gasteiger partial charge is 0.379 e. The molecule has 0 unspecified atom stereocenters. The van der Waals surface area contributed by atoms with Gasteiger partial charge in [-0.2, -0.15) is 0 Å². The van der Waals surface area contributed by atoms with Crippen LogP contribution in [-0.4, -0.2) is 19.3 Å². The van der Waals surface area contributed by atoms with E-state index in [4.69, 9.17) is 10.5 Å². The first-order valence-corrected chi connectivity index (χ1v) is 8.81. The summed E-state index contributed by atoms with van der Waals surface area (Å²) in [6, 6.07) is 0.226. The topological polar surface area (TPSA) is 35.2 Å². The van der Waals surface area contributed by atoms with E-state index in [1.807, 2.05) is 7.11 Å². The molecule has 2 N–H and O–H groups in total. The van der Waals surface area contributed by atoms with E-state index < -0.39 is 0 Å². The molecule has 2 heteroatoms. The lowest BCUT2D eigenvalue weighted by atomic mass is 9.67. The number of methoxy groups -OCH3 is 1. The van der Waals surface area contributed by atoms with Crippen molar-refractivity contribution in [1.82, 2.24) is 0 Å². The molecule has 0 aromatic carbocycles. The van der Waals surface area contributed by atoms with Crippen LogP contribution in [0.3, 0.4) is 0 Å². The molecule has 0 aromatic rings. The summed E-state index contributed by atoms with van der Waals surface area (Å²) in [5, 5.41) is 0. The standard InChI is InChI=1S/C18H37NO/c1-5-6-7-8-9-10-11-12-15-13-14-18(2,3)17(20-4)16(15)19/h15-17H,5-14,19H2,1-4H3/t15-,16+,17+/m1/s1. The second-order valence-electron chi connectivity index (χ2n) is 7.43. The van der Waals surface area contributed by atoms with Crippen molar-refractivity contribution in [2.24, 2.45) is 17.1 Å². The van der Waals surface area contributed by atoms with E-state index in [1.165, 1.54) is 64.2 Å². The van der Waals surface area contributed by atoms with Gasteiger partial charge >= 0.3 is 0 Å². The minimum Gasteiger partial charge on any atom is -0.379 e. The summed E-state index contributed by atoms with van der Waals surface area (Å²) >= 11 is 0. The predicted octanol–water partition coefficient (Wildman–Crippen LogP) is 4.91. The molecule has 1 rings (SSSR count). The van der Waals surface area contributed by atoms with Gasteiger partial charge in [-0.15, -0.1) is 0 Å². The smallest absolute Gasteiger partial charge is 0.0775 e. The van der Waals surface area contributed by atoms with E-state index in [-0.39, 0.29) is 17.6 Å². The molecule has 0 saturated heterocycles. The molecule has 20 heavy (non-hydrogen) atoms. The molecule has 1 aliphatic rings. The molecule has 0 amide bonds. The summed E-state index contributed by atoms with van der Waals surface area (Å²) in [7, 11) is 1.82. The maximum atomic E-state index is 6.46. The Hall–Kier alpha value is -0.0800. The molecule has 0 bridgehead atoms. The van der Waals surface area contributed by atoms with Gasteiger partial charge in [-0.1, -0.05) is 65.7 Å². The molecule has 2 nitrogen and oxygen atoms in total. The van der Waals surface area contributed by atoms with Crippen molar-refractivity contribution in [3.8, 4) is 0 Å². The molecule has 0 radical (unpaired) electrons. The highest BCUT2D eigenvalue weighted by molar-refractivity contribution is 4.95. The van der Waals surface area contributed by atoms with E-state index in [1.54, 1.807) is 0 Å². The van der Waals surface area contributed by atoms with E-state index in [9.17, 15) is 0 Å². The molecule has 0 aliphatic heterocycles. The first-order chi connectivity index (χ1) is 9.53. The third kappa shape index (κ3) is 5.37. The maximum Gasteiger partial charge on any atom is 0.0775 e. The van der Waals surface area contributed by atoms with Gasteiger partial charge in [-0.3, -0.25) is 0 Å². The van der Waals surface area contributed by atoms with Gasteiger partial charge < -0.3 is 10.5 Å². The highest BCUT2D eigenvalue weighted by atomic mass is 16.5. The molecule has 0 heterocycles. The second kappa shape index (κ2) is 9.04. The number of rotatable bonds is 9. The zero-order valence-electron chi connectivity index (χ0n) is 14.3. The Bertz CT molecular complexity index is 252. The van der Waals surface area contributed by atoms with Crippen molar-refractivity contribution in [2.75, 3.05) is 7.11 Å². The number of ether oxygens (including phenoxy) is 1. The summed E-state index contributed by atoms with van der Waals surface area (Å²) in [5.41, 5.74) is 6.71. The van der Waals surface area contributed by atoms with Crippen LogP contribution in [0.25, 0.3) is 0 Å². The summed E-state index contributed by atoms with van der Waals surface area (Å²) in [6.07, 6.45) is 13.8. The van der Waals surface area contributed by atoms with Gasteiger partial charge in [0.1, 0.15) is 0 Å². The van der Waals surface area contributed by atoms with Crippen LogP contribution in [0, 0.1) is 11.3 Å². The van der Waals surface area contributed by atoms with Crippen molar-refractivity contribution in [1.29, 1.82) is 0 Å². The van der Waals surface area contributed by atoms with Crippen LogP contribution < -0.4 is 5.73 Å². The number of hydrogen-bond donors (Lipinski definition) is 1. The number of hydrogen-bond acceptors (Lipinski definition) is 2. The Morgan fingerprint density at radius 2 is 1.65 bits per heavy atom. The van der Waals surface area contributed by atoms with Gasteiger partial charge in [0.25, 0.3) is 0 Å². The van der Waals surface area contributed by atoms with Crippen LogP contribution in [0.5, 0.6) is 0 Å². The Balaban J connectivity index is 2.21. The van der Waals surface area contributed by atoms with Gasteiger partial charge in [0.2, 0.25) is 0 Å². The lowest BCUT2D eigenvalue weighted by Gasteiger charge is -2.45. The Morgan fingerprint density at radius 1 is 1.05 bits per heavy atom. The summed E-state index contributed by atoms with van der Waals surface area (Å²) in [6.45, 7) is 6.87. The SMILES string of the molecule is CCCCCCCCC[C@@H]1CCC(C)(C)[C@@H](OC)[C@H]1N. The first kappa shape index (κ1) is 18.0. The van der Waals surface area contributed by atoms with E-state index in [2.05, 4.69) is 20.8 Å². The quantitative estimate of drug-likeness (QED) is 0.610. The minimum absolute atomic E-state index is 0.226. The predicted molar refractivity (Wildman–Crippen MR) is 87.9 cm³/mol. The summed E-state index contributed by atoms with van der Waals surface area (Å²) in [5.74, 6) is 0.670. The lowest BCUT2D eigenvalue weighted by molar-refractivity contribution is -0.0567. The normalized spacial score (nSPS) is 29.6. The van der Waals surface area contributed by atoms with Crippen molar-refractivity contribution in [3.63, 3.8) is 0 Å². The van der Waals surface area contributed by atoms with Crippen molar-refractivity contribution in [2.45, 2.75) is 97.1 Å². The third-order valence-electron chi connectivity index (χ3n) is 5.26. The van der Waals surface area contributed by atoms with Crippen LogP contribution >= 0.6 is 0 Å². The van der Waals surface area contributed by atoms with Gasteiger partial charge in [0.05, 0.1) is 6.10 Å². The number of unbranched alkanes of at least 4 members (excludes halogenated alkanes) is 6. The highest BCUT2D eigenvalue weighted by Gasteiger charge is 2.42. The Kier molecular flexibility index (Phi) is 8.13. The fraction of sp³-hybridized carbons (Fsp3) is 1.00. The van der Waals surface area contributed by atoms with Gasteiger partial charge in [-0.25, -0.2) is 0 Å². The van der Waals surface area contributed by atoms with Crippen LogP contribution in [0.15, 0.2) is 0 Å². The molecular weight excluding hydrogens is 246 g/mol. The van der Waals surface area contributed by atoms with Gasteiger partial charge in [0.15, 0.2) is 0 Å². The molecule has 1 fully saturated rings. The maximum absolute atomic E-state index is 6.46. The van der Waals surface area contributed by atoms with Crippen molar-refractivity contribution >= 4 is 0 Å². The fourth-order valence-corrected chi connectivity index (χ4v) is 3.84. The molecule has 3 atom stereocenters. The molecule has 120 valence electrons. The number of nitrogens with two attached hydrogens (primary N) is 1. The van der Waals surface area contributed by atoms with E-state index >= 15 is 0 Å². The zero-order valence-corrected chi connectivity index (χ0v) is 14.3. The summed E-state index contributed by atoms with van der Waals surface area (Å²) in [4.78, 5) is 0. The van der Waals surface area contributed by atoms with Gasteiger partial charge in [0, 0.05) is 13.2 Å². The van der Waals surface area contributed by atoms with Gasteiger partial charge in [-0.05, 0) is 30.6 Å². The third-order valence-corrected chi connectivity index (χ3v) is 5.26. The van der Waals surface area contributed by atoms with Crippen LogP contribution in [0.4, 0.5) is 0 Å².